The number of para-hydroxylation sites is 1. The summed E-state index contributed by atoms with van der Waals surface area (Å²) in [6.07, 6.45) is 1.66. The number of hydrogen-bond donors (Lipinski definition) is 3. The Morgan fingerprint density at radius 3 is 2.56 bits per heavy atom. The lowest BCUT2D eigenvalue weighted by molar-refractivity contribution is 0.100. The minimum absolute atomic E-state index is 0.226. The Morgan fingerprint density at radius 1 is 1.20 bits per heavy atom. The topological polar surface area (TPSA) is 96.2 Å². The molecule has 0 atom stereocenters. The Hall–Kier alpha value is -2.68. The molecule has 0 saturated carbocycles. The van der Waals surface area contributed by atoms with Gasteiger partial charge in [0.05, 0.1) is 0 Å². The zero-order valence-electron chi connectivity index (χ0n) is 13.2. The predicted octanol–water partition coefficient (Wildman–Crippen LogP) is 3.94. The van der Waals surface area contributed by atoms with E-state index >= 15 is 0 Å². The van der Waals surface area contributed by atoms with E-state index in [9.17, 15) is 4.79 Å². The van der Waals surface area contributed by atoms with Crippen LogP contribution in [0.4, 0.5) is 17.3 Å². The van der Waals surface area contributed by atoms with E-state index in [2.05, 4.69) is 43.1 Å². The molecule has 1 aromatic heterocycles. The molecule has 0 aliphatic rings. The molecule has 2 aromatic carbocycles. The maximum absolute atomic E-state index is 11.8. The van der Waals surface area contributed by atoms with Crippen LogP contribution < -0.4 is 11.1 Å². The number of nitrogens with zero attached hydrogens (tertiary/aromatic N) is 2. The van der Waals surface area contributed by atoms with E-state index < -0.39 is 5.91 Å². The molecule has 6 nitrogen and oxygen atoms in total. The van der Waals surface area contributed by atoms with Crippen molar-refractivity contribution >= 4 is 52.0 Å². The molecule has 25 heavy (non-hydrogen) atoms. The molecular formula is C18H16IN5O. The van der Waals surface area contributed by atoms with Crippen LogP contribution in [0.25, 0.3) is 0 Å². The molecule has 0 radical (unpaired) electrons. The van der Waals surface area contributed by atoms with E-state index in [1.165, 1.54) is 5.56 Å². The van der Waals surface area contributed by atoms with E-state index in [-0.39, 0.29) is 11.4 Å². The van der Waals surface area contributed by atoms with Crippen molar-refractivity contribution in [1.82, 2.24) is 10.2 Å². The highest BCUT2D eigenvalue weighted by Crippen LogP contribution is 2.26. The maximum atomic E-state index is 11.8. The fourth-order valence-corrected chi connectivity index (χ4v) is 2.75. The van der Waals surface area contributed by atoms with Gasteiger partial charge in [-0.15, -0.1) is 0 Å². The van der Waals surface area contributed by atoms with Crippen LogP contribution in [-0.2, 0) is 4.43 Å². The lowest BCUT2D eigenvalue weighted by Gasteiger charge is -2.04. The number of alkyl halides is 1. The second-order valence-electron chi connectivity index (χ2n) is 5.29. The molecule has 3 aromatic rings. The Labute approximate surface area is 158 Å². The average molecular weight is 445 g/mol. The third-order valence-electron chi connectivity index (χ3n) is 3.51. The number of aromatic nitrogens is 2. The van der Waals surface area contributed by atoms with Crippen LogP contribution in [0.5, 0.6) is 0 Å². The van der Waals surface area contributed by atoms with Gasteiger partial charge in [-0.1, -0.05) is 65.1 Å². The molecule has 7 heteroatoms. The highest BCUT2D eigenvalue weighted by atomic mass is 127. The number of H-pyrrole nitrogens is 1. The van der Waals surface area contributed by atoms with E-state index in [0.717, 1.165) is 15.7 Å². The van der Waals surface area contributed by atoms with Gasteiger partial charge < -0.3 is 11.1 Å². The molecule has 0 spiro atoms. The first kappa shape index (κ1) is 17.2. The van der Waals surface area contributed by atoms with Gasteiger partial charge in [0, 0.05) is 16.3 Å². The number of nitrogens with one attached hydrogen (secondary N) is 2. The molecule has 0 aliphatic carbocycles. The summed E-state index contributed by atoms with van der Waals surface area (Å²) in [7, 11) is 0. The second-order valence-corrected chi connectivity index (χ2v) is 6.05. The summed E-state index contributed by atoms with van der Waals surface area (Å²) < 4.78 is 0.953. The van der Waals surface area contributed by atoms with Gasteiger partial charge in [0.15, 0.2) is 5.82 Å². The highest BCUT2D eigenvalue weighted by molar-refractivity contribution is 14.1. The van der Waals surface area contributed by atoms with Crippen LogP contribution in [0.3, 0.4) is 0 Å². The standard InChI is InChI=1S/C18H16IN5O/c19-10-12-6-8-13(9-7-12)11-21-17-15(16(20)25)18(24-23-17)22-14-4-2-1-3-5-14/h1-9,11H,10H2,(H2,20,25)(H2,22,23,24). The van der Waals surface area contributed by atoms with E-state index in [4.69, 9.17) is 5.73 Å². The Morgan fingerprint density at radius 2 is 1.92 bits per heavy atom. The Kier molecular flexibility index (Phi) is 5.44. The van der Waals surface area contributed by atoms with Crippen molar-refractivity contribution in [2.45, 2.75) is 4.43 Å². The minimum Gasteiger partial charge on any atom is -0.365 e. The first-order valence-electron chi connectivity index (χ1n) is 7.56. The molecule has 0 bridgehead atoms. The fourth-order valence-electron chi connectivity index (χ4n) is 2.24. The lowest BCUT2D eigenvalue weighted by Crippen LogP contribution is -2.12. The summed E-state index contributed by atoms with van der Waals surface area (Å²) in [6, 6.07) is 17.5. The van der Waals surface area contributed by atoms with Crippen molar-refractivity contribution in [3.63, 3.8) is 0 Å². The summed E-state index contributed by atoms with van der Waals surface area (Å²) in [4.78, 5) is 16.1. The van der Waals surface area contributed by atoms with E-state index in [1.54, 1.807) is 6.21 Å². The zero-order valence-corrected chi connectivity index (χ0v) is 15.4. The van der Waals surface area contributed by atoms with Crippen molar-refractivity contribution < 1.29 is 4.79 Å². The van der Waals surface area contributed by atoms with Crippen molar-refractivity contribution in [2.75, 3.05) is 5.32 Å². The molecule has 0 aliphatic heterocycles. The third kappa shape index (κ3) is 4.24. The maximum Gasteiger partial charge on any atom is 0.256 e. The lowest BCUT2D eigenvalue weighted by atomic mass is 10.2. The predicted molar refractivity (Wildman–Crippen MR) is 108 cm³/mol. The summed E-state index contributed by atoms with van der Waals surface area (Å²) >= 11 is 2.31. The normalized spacial score (nSPS) is 10.9. The number of anilines is 2. The SMILES string of the molecule is NC(=O)c1c(N=Cc2ccc(CI)cc2)n[nH]c1Nc1ccccc1. The van der Waals surface area contributed by atoms with Gasteiger partial charge in [0.1, 0.15) is 11.4 Å². The molecule has 3 rings (SSSR count). The van der Waals surface area contributed by atoms with Crippen LogP contribution in [0, 0.1) is 0 Å². The Bertz CT molecular complexity index is 888. The van der Waals surface area contributed by atoms with Gasteiger partial charge in [0.2, 0.25) is 0 Å². The van der Waals surface area contributed by atoms with Gasteiger partial charge in [-0.3, -0.25) is 9.89 Å². The van der Waals surface area contributed by atoms with E-state index in [0.29, 0.717) is 5.82 Å². The molecule has 0 fully saturated rings. The summed E-state index contributed by atoms with van der Waals surface area (Å²) in [5, 5.41) is 9.97. The van der Waals surface area contributed by atoms with Crippen molar-refractivity contribution in [3.05, 3.63) is 71.3 Å². The number of hydrogen-bond acceptors (Lipinski definition) is 4. The number of carbonyl (C=O) groups is 1. The number of rotatable bonds is 6. The molecule has 0 unspecified atom stereocenters. The Balaban J connectivity index is 1.86. The first-order valence-corrected chi connectivity index (χ1v) is 9.09. The van der Waals surface area contributed by atoms with Crippen molar-refractivity contribution in [3.8, 4) is 0 Å². The largest absolute Gasteiger partial charge is 0.365 e. The minimum atomic E-state index is -0.598. The number of primary amides is 1. The van der Waals surface area contributed by atoms with Crippen molar-refractivity contribution in [2.24, 2.45) is 10.7 Å². The van der Waals surface area contributed by atoms with Crippen LogP contribution in [0.15, 0.2) is 59.6 Å². The number of amides is 1. The smallest absolute Gasteiger partial charge is 0.256 e. The number of aromatic amines is 1. The summed E-state index contributed by atoms with van der Waals surface area (Å²) in [6.45, 7) is 0. The number of carbonyl (C=O) groups excluding carboxylic acids is 1. The van der Waals surface area contributed by atoms with Crippen LogP contribution >= 0.6 is 22.6 Å². The first-order chi connectivity index (χ1) is 12.2. The summed E-state index contributed by atoms with van der Waals surface area (Å²) in [5.74, 6) is 0.0783. The van der Waals surface area contributed by atoms with Crippen LogP contribution in [-0.4, -0.2) is 22.3 Å². The highest BCUT2D eigenvalue weighted by Gasteiger charge is 2.17. The van der Waals surface area contributed by atoms with Gasteiger partial charge in [0.25, 0.3) is 5.91 Å². The van der Waals surface area contributed by atoms with Gasteiger partial charge in [-0.05, 0) is 23.3 Å². The molecular weight excluding hydrogens is 429 g/mol. The zero-order chi connectivity index (χ0) is 17.6. The number of nitrogens with two attached hydrogens (primary N) is 1. The number of benzene rings is 2. The monoisotopic (exact) mass is 445 g/mol. The number of aliphatic imine (C=N–C) groups is 1. The number of halogens is 1. The second kappa shape index (κ2) is 7.93. The van der Waals surface area contributed by atoms with Gasteiger partial charge >= 0.3 is 0 Å². The third-order valence-corrected chi connectivity index (χ3v) is 4.39. The summed E-state index contributed by atoms with van der Waals surface area (Å²) in [5.41, 5.74) is 8.71. The van der Waals surface area contributed by atoms with Gasteiger partial charge in [-0.2, -0.15) is 5.10 Å². The quantitative estimate of drug-likeness (QED) is 0.305. The van der Waals surface area contributed by atoms with Crippen molar-refractivity contribution in [1.29, 1.82) is 0 Å². The van der Waals surface area contributed by atoms with Crippen LogP contribution in [0.1, 0.15) is 21.5 Å². The molecule has 1 heterocycles. The van der Waals surface area contributed by atoms with Gasteiger partial charge in [-0.25, -0.2) is 4.99 Å². The molecule has 4 N–H and O–H groups in total. The molecule has 1 amide bonds. The fraction of sp³-hybridized carbons (Fsp3) is 0.0556. The van der Waals surface area contributed by atoms with E-state index in [1.807, 2.05) is 54.6 Å². The molecule has 126 valence electrons. The molecule has 0 saturated heterocycles. The van der Waals surface area contributed by atoms with Crippen LogP contribution in [0.2, 0.25) is 0 Å². The average Bonchev–Trinajstić information content (AvgIpc) is 3.04.